The predicted molar refractivity (Wildman–Crippen MR) is 95.6 cm³/mol. The second-order valence-electron chi connectivity index (χ2n) is 7.03. The Morgan fingerprint density at radius 1 is 1.48 bits per heavy atom. The van der Waals surface area contributed by atoms with E-state index in [4.69, 9.17) is 14.2 Å². The Morgan fingerprint density at radius 2 is 2.19 bits per heavy atom. The molecule has 0 saturated carbocycles. The minimum atomic E-state index is -0.969. The van der Waals surface area contributed by atoms with Gasteiger partial charge in [0.15, 0.2) is 5.69 Å². The molecule has 1 aliphatic rings. The number of methoxy groups -OCH3 is 1. The summed E-state index contributed by atoms with van der Waals surface area (Å²) in [6.07, 6.45) is -0.899. The molecule has 1 aromatic rings. The average Bonchev–Trinajstić information content (AvgIpc) is 2.58. The lowest BCUT2D eigenvalue weighted by Crippen LogP contribution is -2.49. The van der Waals surface area contributed by atoms with Crippen molar-refractivity contribution in [1.29, 1.82) is 0 Å². The fourth-order valence-corrected chi connectivity index (χ4v) is 2.62. The smallest absolute Gasteiger partial charge is 0.410 e. The number of nitrogens with zero attached hydrogens (tertiary/aromatic N) is 2. The normalized spacial score (nSPS) is 17.4. The summed E-state index contributed by atoms with van der Waals surface area (Å²) in [5.41, 5.74) is -1.38. The average molecular weight is 385 g/mol. The lowest BCUT2D eigenvalue weighted by molar-refractivity contribution is -0.386. The molecule has 0 aliphatic carbocycles. The fraction of sp³-hybridized carbons (Fsp3) is 0.588. The third-order valence-corrected chi connectivity index (χ3v) is 3.79. The van der Waals surface area contributed by atoms with Crippen LogP contribution in [0.15, 0.2) is 12.1 Å². The quantitative estimate of drug-likeness (QED) is 0.614. The maximum Gasteiger partial charge on any atom is 0.410 e. The second-order valence-corrected chi connectivity index (χ2v) is 7.03. The summed E-state index contributed by atoms with van der Waals surface area (Å²) >= 11 is 0. The number of benzene rings is 1. The van der Waals surface area contributed by atoms with Gasteiger partial charge in [-0.25, -0.2) is 4.79 Å². The zero-order valence-electron chi connectivity index (χ0n) is 15.8. The molecule has 1 heterocycles. The highest BCUT2D eigenvalue weighted by molar-refractivity contribution is 5.71. The number of morpholine rings is 1. The van der Waals surface area contributed by atoms with Gasteiger partial charge >= 0.3 is 11.8 Å². The van der Waals surface area contributed by atoms with Crippen molar-refractivity contribution in [2.75, 3.05) is 38.7 Å². The number of hydrogen-bond acceptors (Lipinski definition) is 7. The van der Waals surface area contributed by atoms with Crippen LogP contribution in [0.5, 0.6) is 5.75 Å². The van der Waals surface area contributed by atoms with E-state index in [2.05, 4.69) is 5.32 Å². The zero-order chi connectivity index (χ0) is 20.2. The van der Waals surface area contributed by atoms with Crippen LogP contribution in [0.2, 0.25) is 0 Å². The van der Waals surface area contributed by atoms with Crippen molar-refractivity contribution in [2.24, 2.45) is 0 Å². The van der Waals surface area contributed by atoms with Gasteiger partial charge in [0.2, 0.25) is 5.82 Å². The minimum absolute atomic E-state index is 0.0690. The molecule has 0 spiro atoms. The van der Waals surface area contributed by atoms with E-state index in [1.54, 1.807) is 20.8 Å². The number of anilines is 1. The molecule has 150 valence electrons. The number of nitro benzene ring substituents is 1. The number of hydrogen-bond donors (Lipinski definition) is 1. The van der Waals surface area contributed by atoms with Crippen molar-refractivity contribution in [1.82, 2.24) is 4.90 Å². The van der Waals surface area contributed by atoms with E-state index in [-0.39, 0.29) is 24.5 Å². The van der Waals surface area contributed by atoms with E-state index in [0.29, 0.717) is 13.2 Å². The summed E-state index contributed by atoms with van der Waals surface area (Å²) in [7, 11) is 1.34. The number of halogens is 1. The van der Waals surface area contributed by atoms with Gasteiger partial charge in [0.05, 0.1) is 31.3 Å². The molecule has 1 N–H and O–H groups in total. The topological polar surface area (TPSA) is 103 Å². The molecule has 2 rings (SSSR count). The molecule has 1 saturated heterocycles. The van der Waals surface area contributed by atoms with Gasteiger partial charge in [-0.3, -0.25) is 10.1 Å². The van der Waals surface area contributed by atoms with E-state index in [9.17, 15) is 19.3 Å². The third-order valence-electron chi connectivity index (χ3n) is 3.79. The zero-order valence-corrected chi connectivity index (χ0v) is 15.8. The highest BCUT2D eigenvalue weighted by atomic mass is 19.1. The lowest BCUT2D eigenvalue weighted by atomic mass is 10.2. The van der Waals surface area contributed by atoms with Crippen molar-refractivity contribution in [3.63, 3.8) is 0 Å². The van der Waals surface area contributed by atoms with E-state index in [1.807, 2.05) is 0 Å². The van der Waals surface area contributed by atoms with Gasteiger partial charge in [0, 0.05) is 13.1 Å². The first-order chi connectivity index (χ1) is 12.6. The van der Waals surface area contributed by atoms with E-state index >= 15 is 0 Å². The van der Waals surface area contributed by atoms with Crippen LogP contribution >= 0.6 is 0 Å². The molecule has 1 fully saturated rings. The van der Waals surface area contributed by atoms with Crippen molar-refractivity contribution in [3.05, 3.63) is 28.1 Å². The molecule has 27 heavy (non-hydrogen) atoms. The first kappa shape index (κ1) is 20.7. The van der Waals surface area contributed by atoms with Crippen LogP contribution in [0.25, 0.3) is 0 Å². The Kier molecular flexibility index (Phi) is 6.42. The Hall–Kier alpha value is -2.62. The van der Waals surface area contributed by atoms with Crippen LogP contribution in [-0.2, 0) is 9.47 Å². The van der Waals surface area contributed by atoms with Gasteiger partial charge in [0.1, 0.15) is 11.4 Å². The van der Waals surface area contributed by atoms with Gasteiger partial charge in [-0.1, -0.05) is 0 Å². The molecule has 10 heteroatoms. The van der Waals surface area contributed by atoms with Crippen LogP contribution in [0.1, 0.15) is 20.8 Å². The van der Waals surface area contributed by atoms with Crippen molar-refractivity contribution in [2.45, 2.75) is 32.5 Å². The minimum Gasteiger partial charge on any atom is -0.494 e. The van der Waals surface area contributed by atoms with Crippen LogP contribution < -0.4 is 10.1 Å². The highest BCUT2D eigenvalue weighted by Gasteiger charge is 2.30. The Balaban J connectivity index is 2.07. The van der Waals surface area contributed by atoms with E-state index in [1.165, 1.54) is 18.1 Å². The molecule has 1 aromatic carbocycles. The van der Waals surface area contributed by atoms with Crippen LogP contribution in [0.4, 0.5) is 20.6 Å². The van der Waals surface area contributed by atoms with Crippen LogP contribution in [-0.4, -0.2) is 61.0 Å². The van der Waals surface area contributed by atoms with Crippen molar-refractivity contribution < 1.29 is 28.3 Å². The van der Waals surface area contributed by atoms with Crippen molar-refractivity contribution in [3.8, 4) is 5.75 Å². The highest BCUT2D eigenvalue weighted by Crippen LogP contribution is 2.36. The van der Waals surface area contributed by atoms with Crippen LogP contribution in [0.3, 0.4) is 0 Å². The maximum atomic E-state index is 13.9. The number of carbonyl (C=O) groups is 1. The fourth-order valence-electron chi connectivity index (χ4n) is 2.62. The molecule has 0 bridgehead atoms. The third kappa shape index (κ3) is 5.43. The number of nitro groups is 1. The Morgan fingerprint density at radius 3 is 2.78 bits per heavy atom. The number of carbonyl (C=O) groups excluding carboxylic acids is 1. The first-order valence-electron chi connectivity index (χ1n) is 8.46. The van der Waals surface area contributed by atoms with E-state index < -0.39 is 34.2 Å². The number of rotatable bonds is 5. The van der Waals surface area contributed by atoms with Gasteiger partial charge < -0.3 is 24.4 Å². The molecule has 0 aromatic heterocycles. The summed E-state index contributed by atoms with van der Waals surface area (Å²) in [4.78, 5) is 24.1. The molecule has 9 nitrogen and oxygen atoms in total. The summed E-state index contributed by atoms with van der Waals surface area (Å²) in [6.45, 7) is 6.38. The molecule has 1 amide bonds. The van der Waals surface area contributed by atoms with Gasteiger partial charge in [-0.05, 0) is 32.9 Å². The monoisotopic (exact) mass is 385 g/mol. The summed E-state index contributed by atoms with van der Waals surface area (Å²) in [6, 6.07) is 2.28. The summed E-state index contributed by atoms with van der Waals surface area (Å²) in [5.74, 6) is -0.828. The second kappa shape index (κ2) is 8.38. The van der Waals surface area contributed by atoms with Crippen LogP contribution in [0, 0.1) is 15.9 Å². The number of ether oxygens (including phenoxy) is 3. The largest absolute Gasteiger partial charge is 0.494 e. The molecule has 1 aliphatic heterocycles. The predicted octanol–water partition coefficient (Wildman–Crippen LogP) is 2.79. The number of amides is 1. The van der Waals surface area contributed by atoms with Gasteiger partial charge in [0.25, 0.3) is 0 Å². The molecular formula is C17H24FN3O6. The summed E-state index contributed by atoms with van der Waals surface area (Å²) < 4.78 is 29.9. The Labute approximate surface area is 156 Å². The molecule has 0 unspecified atom stereocenters. The first-order valence-corrected chi connectivity index (χ1v) is 8.46. The Bertz CT molecular complexity index is 707. The maximum absolute atomic E-state index is 13.9. The van der Waals surface area contributed by atoms with Crippen molar-refractivity contribution >= 4 is 17.5 Å². The number of nitrogens with one attached hydrogen (secondary N) is 1. The standard InChI is InChI=1S/C17H24FN3O6/c1-17(2,3)27-16(22)20-7-8-26-11(10-20)9-19-14-13(25-4)6-5-12(18)15(14)21(23)24/h5-6,11,19H,7-10H2,1-4H3/t11-/m1/s1. The van der Waals surface area contributed by atoms with Gasteiger partial charge in [-0.2, -0.15) is 4.39 Å². The van der Waals surface area contributed by atoms with E-state index in [0.717, 1.165) is 6.07 Å². The SMILES string of the molecule is COc1ccc(F)c([N+](=O)[O-])c1NC[C@@H]1CN(C(=O)OC(C)(C)C)CCO1. The molecule has 0 radical (unpaired) electrons. The summed E-state index contributed by atoms with van der Waals surface area (Å²) in [5, 5.41) is 14.0. The van der Waals surface area contributed by atoms with Gasteiger partial charge in [-0.15, -0.1) is 0 Å². The molecule has 1 atom stereocenters. The molecular weight excluding hydrogens is 361 g/mol. The lowest BCUT2D eigenvalue weighted by Gasteiger charge is -2.34.